The Morgan fingerprint density at radius 1 is 1.10 bits per heavy atom. The van der Waals surface area contributed by atoms with Gasteiger partial charge in [-0.25, -0.2) is 8.42 Å². The van der Waals surface area contributed by atoms with Crippen LogP contribution >= 0.6 is 11.6 Å². The van der Waals surface area contributed by atoms with Gasteiger partial charge < -0.3 is 14.4 Å². The molecule has 2 aliphatic rings. The molecule has 4 rings (SSSR count). The Bertz CT molecular complexity index is 1050. The number of rotatable bonds is 5. The number of ether oxygens (including phenoxy) is 2. The van der Waals surface area contributed by atoms with Crippen molar-refractivity contribution in [3.05, 3.63) is 52.5 Å². The van der Waals surface area contributed by atoms with E-state index in [4.69, 9.17) is 21.1 Å². The quantitative estimate of drug-likeness (QED) is 0.719. The topological polar surface area (TPSA) is 76.1 Å². The third-order valence-corrected chi connectivity index (χ3v) is 7.44. The van der Waals surface area contributed by atoms with Crippen LogP contribution in [0.5, 0.6) is 11.5 Å². The van der Waals surface area contributed by atoms with Crippen LogP contribution in [0.25, 0.3) is 0 Å². The second-order valence-electron chi connectivity index (χ2n) is 7.11. The molecule has 0 aliphatic carbocycles. The molecule has 2 heterocycles. The number of carbonyl (C=O) groups is 1. The van der Waals surface area contributed by atoms with Gasteiger partial charge in [0, 0.05) is 32.2 Å². The van der Waals surface area contributed by atoms with Crippen molar-refractivity contribution in [1.82, 2.24) is 9.21 Å². The summed E-state index contributed by atoms with van der Waals surface area (Å²) in [6, 6.07) is 9.88. The van der Waals surface area contributed by atoms with Crippen molar-refractivity contribution in [3.63, 3.8) is 0 Å². The molecule has 0 bridgehead atoms. The summed E-state index contributed by atoms with van der Waals surface area (Å²) < 4.78 is 37.9. The van der Waals surface area contributed by atoms with E-state index in [9.17, 15) is 13.2 Å². The molecule has 154 valence electrons. The van der Waals surface area contributed by atoms with Crippen LogP contribution in [0.4, 0.5) is 0 Å². The Morgan fingerprint density at radius 2 is 1.83 bits per heavy atom. The Morgan fingerprint density at radius 3 is 2.59 bits per heavy atom. The number of fused-ring (bicyclic) bond motifs is 1. The van der Waals surface area contributed by atoms with E-state index in [-0.39, 0.29) is 28.2 Å². The molecular formula is C20H21ClN2O5S. The fourth-order valence-corrected chi connectivity index (χ4v) is 5.52. The molecule has 1 amide bonds. The maximum atomic E-state index is 12.9. The Kier molecular flexibility index (Phi) is 5.42. The number of sulfonamides is 1. The lowest BCUT2D eigenvalue weighted by Gasteiger charge is -2.20. The average Bonchev–Trinajstić information content (AvgIpc) is 3.39. The van der Waals surface area contributed by atoms with Crippen molar-refractivity contribution >= 4 is 27.5 Å². The predicted molar refractivity (Wildman–Crippen MR) is 108 cm³/mol. The van der Waals surface area contributed by atoms with Gasteiger partial charge in [-0.3, -0.25) is 4.79 Å². The highest BCUT2D eigenvalue weighted by atomic mass is 35.5. The number of carbonyl (C=O) groups excluding carboxylic acids is 1. The van der Waals surface area contributed by atoms with Crippen molar-refractivity contribution in [2.24, 2.45) is 0 Å². The largest absolute Gasteiger partial charge is 0.454 e. The van der Waals surface area contributed by atoms with E-state index in [2.05, 4.69) is 0 Å². The van der Waals surface area contributed by atoms with Crippen molar-refractivity contribution in [2.75, 3.05) is 26.9 Å². The molecule has 0 saturated carbocycles. The van der Waals surface area contributed by atoms with Crippen molar-refractivity contribution in [2.45, 2.75) is 24.3 Å². The lowest BCUT2D eigenvalue weighted by Crippen LogP contribution is -2.29. The molecular weight excluding hydrogens is 416 g/mol. The average molecular weight is 437 g/mol. The predicted octanol–water partition coefficient (Wildman–Crippen LogP) is 3.13. The van der Waals surface area contributed by atoms with Crippen LogP contribution in [-0.4, -0.2) is 50.5 Å². The van der Waals surface area contributed by atoms with Crippen LogP contribution in [0, 0.1) is 0 Å². The van der Waals surface area contributed by atoms with Crippen molar-refractivity contribution in [1.29, 1.82) is 0 Å². The zero-order valence-electron chi connectivity index (χ0n) is 15.9. The van der Waals surface area contributed by atoms with Gasteiger partial charge in [-0.15, -0.1) is 0 Å². The summed E-state index contributed by atoms with van der Waals surface area (Å²) in [5, 5.41) is 0.117. The number of hydrogen-bond acceptors (Lipinski definition) is 5. The highest BCUT2D eigenvalue weighted by Gasteiger charge is 2.30. The van der Waals surface area contributed by atoms with Gasteiger partial charge in [-0.05, 0) is 48.7 Å². The Balaban J connectivity index is 1.55. The van der Waals surface area contributed by atoms with Crippen LogP contribution in [0.1, 0.15) is 28.8 Å². The van der Waals surface area contributed by atoms with Crippen LogP contribution in [0.2, 0.25) is 5.02 Å². The van der Waals surface area contributed by atoms with E-state index < -0.39 is 10.0 Å². The summed E-state index contributed by atoms with van der Waals surface area (Å²) in [5.74, 6) is 1.03. The summed E-state index contributed by atoms with van der Waals surface area (Å²) in [6.45, 7) is 1.47. The molecule has 0 N–H and O–H groups in total. The SMILES string of the molecule is CN(Cc1ccc2c(c1)OCO2)C(=O)c1ccc(Cl)c(S(=O)(=O)N2CCCC2)c1. The third-order valence-electron chi connectivity index (χ3n) is 5.06. The number of benzene rings is 2. The number of hydrogen-bond donors (Lipinski definition) is 0. The van der Waals surface area contributed by atoms with Gasteiger partial charge in [0.15, 0.2) is 11.5 Å². The van der Waals surface area contributed by atoms with Gasteiger partial charge in [0.25, 0.3) is 5.91 Å². The van der Waals surface area contributed by atoms with E-state index in [1.54, 1.807) is 19.2 Å². The first kappa shape index (κ1) is 20.0. The summed E-state index contributed by atoms with van der Waals surface area (Å²) in [7, 11) is -2.05. The highest BCUT2D eigenvalue weighted by Crippen LogP contribution is 2.33. The minimum Gasteiger partial charge on any atom is -0.454 e. The normalized spacial score (nSPS) is 16.2. The second kappa shape index (κ2) is 7.85. The molecule has 2 aliphatic heterocycles. The Labute approximate surface area is 174 Å². The number of nitrogens with zero attached hydrogens (tertiary/aromatic N) is 2. The van der Waals surface area contributed by atoms with Gasteiger partial charge in [-0.1, -0.05) is 17.7 Å². The highest BCUT2D eigenvalue weighted by molar-refractivity contribution is 7.89. The van der Waals surface area contributed by atoms with Gasteiger partial charge >= 0.3 is 0 Å². The van der Waals surface area contributed by atoms with Gasteiger partial charge in [0.05, 0.1) is 5.02 Å². The van der Waals surface area contributed by atoms with E-state index in [0.717, 1.165) is 18.4 Å². The summed E-state index contributed by atoms with van der Waals surface area (Å²) in [4.78, 5) is 14.4. The maximum absolute atomic E-state index is 12.9. The molecule has 0 unspecified atom stereocenters. The first-order valence-corrected chi connectivity index (χ1v) is 11.1. The lowest BCUT2D eigenvalue weighted by atomic mass is 10.1. The maximum Gasteiger partial charge on any atom is 0.253 e. The minimum atomic E-state index is -3.72. The molecule has 9 heteroatoms. The van der Waals surface area contributed by atoms with Crippen molar-refractivity contribution < 1.29 is 22.7 Å². The number of amides is 1. The molecule has 1 fully saturated rings. The van der Waals surface area contributed by atoms with E-state index >= 15 is 0 Å². The van der Waals surface area contributed by atoms with Crippen LogP contribution in [-0.2, 0) is 16.6 Å². The van der Waals surface area contributed by atoms with E-state index in [0.29, 0.717) is 31.1 Å². The smallest absolute Gasteiger partial charge is 0.253 e. The minimum absolute atomic E-state index is 0.0246. The van der Waals surface area contributed by atoms with Crippen LogP contribution < -0.4 is 9.47 Å². The first-order chi connectivity index (χ1) is 13.9. The number of halogens is 1. The van der Waals surface area contributed by atoms with Gasteiger partial charge in [-0.2, -0.15) is 4.31 Å². The monoisotopic (exact) mass is 436 g/mol. The summed E-state index contributed by atoms with van der Waals surface area (Å²) in [5.41, 5.74) is 1.15. The lowest BCUT2D eigenvalue weighted by molar-refractivity contribution is 0.0784. The van der Waals surface area contributed by atoms with Crippen molar-refractivity contribution in [3.8, 4) is 11.5 Å². The fraction of sp³-hybridized carbons (Fsp3) is 0.350. The molecule has 0 aromatic heterocycles. The van der Waals surface area contributed by atoms with Gasteiger partial charge in [0.1, 0.15) is 4.90 Å². The molecule has 0 spiro atoms. The Hall–Kier alpha value is -2.29. The summed E-state index contributed by atoms with van der Waals surface area (Å²) in [6.07, 6.45) is 1.65. The molecule has 0 atom stereocenters. The zero-order chi connectivity index (χ0) is 20.6. The molecule has 1 saturated heterocycles. The standard InChI is InChI=1S/C20H21ClN2O5S/c1-22(12-14-4-7-17-18(10-14)28-13-27-17)20(24)15-5-6-16(21)19(11-15)29(25,26)23-8-2-3-9-23/h4-7,10-11H,2-3,8-9,12-13H2,1H3. The van der Waals surface area contributed by atoms with E-state index in [1.165, 1.54) is 21.3 Å². The first-order valence-electron chi connectivity index (χ1n) is 9.30. The molecule has 2 aromatic rings. The molecule has 2 aromatic carbocycles. The van der Waals surface area contributed by atoms with E-state index in [1.807, 2.05) is 12.1 Å². The molecule has 0 radical (unpaired) electrons. The second-order valence-corrected chi connectivity index (χ2v) is 9.42. The fourth-order valence-electron chi connectivity index (χ4n) is 3.51. The molecule has 7 nitrogen and oxygen atoms in total. The molecule has 29 heavy (non-hydrogen) atoms. The van der Waals surface area contributed by atoms with Gasteiger partial charge in [0.2, 0.25) is 16.8 Å². The summed E-state index contributed by atoms with van der Waals surface area (Å²) >= 11 is 6.17. The van der Waals surface area contributed by atoms with Crippen LogP contribution in [0.3, 0.4) is 0 Å². The zero-order valence-corrected chi connectivity index (χ0v) is 17.5. The third kappa shape index (κ3) is 3.92. The van der Waals surface area contributed by atoms with Crippen LogP contribution in [0.15, 0.2) is 41.3 Å².